The Kier molecular flexibility index (Phi) is 6.95. The molecule has 3 rings (SSSR count). The number of fused-ring (bicyclic) bond motifs is 1. The summed E-state index contributed by atoms with van der Waals surface area (Å²) in [7, 11) is -3.78. The van der Waals surface area contributed by atoms with Gasteiger partial charge in [-0.2, -0.15) is 4.72 Å². The Balaban J connectivity index is 1.65. The zero-order valence-corrected chi connectivity index (χ0v) is 18.4. The first kappa shape index (κ1) is 22.1. The number of hydrogen-bond donors (Lipinski definition) is 3. The van der Waals surface area contributed by atoms with E-state index < -0.39 is 16.1 Å². The minimum Gasteiger partial charge on any atom is -0.361 e. The minimum absolute atomic E-state index is 0.161. The number of aromatic amines is 1. The van der Waals surface area contributed by atoms with Gasteiger partial charge in [0.05, 0.1) is 4.90 Å². The molecule has 3 aromatic rings. The Morgan fingerprint density at radius 2 is 1.77 bits per heavy atom. The molecular formula is C23H29N3O3S. The molecule has 0 radical (unpaired) electrons. The highest BCUT2D eigenvalue weighted by Gasteiger charge is 2.26. The van der Waals surface area contributed by atoms with Crippen molar-refractivity contribution in [2.45, 2.75) is 44.6 Å². The van der Waals surface area contributed by atoms with Crippen LogP contribution in [0, 0.1) is 12.8 Å². The fourth-order valence-electron chi connectivity index (χ4n) is 3.43. The second-order valence-corrected chi connectivity index (χ2v) is 9.73. The smallest absolute Gasteiger partial charge is 0.241 e. The number of aryl methyl sites for hydroxylation is 1. The van der Waals surface area contributed by atoms with Crippen LogP contribution in [0.3, 0.4) is 0 Å². The van der Waals surface area contributed by atoms with E-state index in [1.807, 2.05) is 51.2 Å². The van der Waals surface area contributed by atoms with Gasteiger partial charge in [-0.25, -0.2) is 8.42 Å². The zero-order valence-electron chi connectivity index (χ0n) is 17.6. The van der Waals surface area contributed by atoms with Crippen molar-refractivity contribution in [3.8, 4) is 0 Å². The van der Waals surface area contributed by atoms with Crippen LogP contribution in [-0.2, 0) is 21.2 Å². The summed E-state index contributed by atoms with van der Waals surface area (Å²) in [5.41, 5.74) is 3.15. The average molecular weight is 428 g/mol. The van der Waals surface area contributed by atoms with Crippen LogP contribution in [0.4, 0.5) is 0 Å². The molecule has 7 heteroatoms. The van der Waals surface area contributed by atoms with Gasteiger partial charge in [0.25, 0.3) is 0 Å². The van der Waals surface area contributed by atoms with Gasteiger partial charge >= 0.3 is 0 Å². The lowest BCUT2D eigenvalue weighted by atomic mass is 10.0. The molecule has 0 aliphatic rings. The van der Waals surface area contributed by atoms with E-state index in [9.17, 15) is 13.2 Å². The van der Waals surface area contributed by atoms with Gasteiger partial charge in [0.15, 0.2) is 0 Å². The molecule has 1 amide bonds. The molecule has 6 nitrogen and oxygen atoms in total. The highest BCUT2D eigenvalue weighted by molar-refractivity contribution is 7.89. The molecule has 1 atom stereocenters. The Hall–Kier alpha value is -2.64. The summed E-state index contributed by atoms with van der Waals surface area (Å²) >= 11 is 0. The number of benzene rings is 2. The summed E-state index contributed by atoms with van der Waals surface area (Å²) in [4.78, 5) is 16.2. The summed E-state index contributed by atoms with van der Waals surface area (Å²) in [5.74, 6) is -0.144. The SMILES string of the molecule is Cc1ccc(S(=O)(=O)NC(CC(C)C)C(=O)NCCc2c[nH]c3ccccc23)cc1. The number of sulfonamides is 1. The van der Waals surface area contributed by atoms with E-state index in [-0.39, 0.29) is 16.7 Å². The van der Waals surface area contributed by atoms with E-state index in [0.717, 1.165) is 22.0 Å². The number of H-pyrrole nitrogens is 1. The number of carbonyl (C=O) groups excluding carboxylic acids is 1. The number of rotatable bonds is 9. The van der Waals surface area contributed by atoms with Crippen LogP contribution >= 0.6 is 0 Å². The Morgan fingerprint density at radius 3 is 2.47 bits per heavy atom. The van der Waals surface area contributed by atoms with E-state index in [1.54, 1.807) is 24.3 Å². The van der Waals surface area contributed by atoms with Gasteiger partial charge < -0.3 is 10.3 Å². The van der Waals surface area contributed by atoms with Crippen molar-refractivity contribution < 1.29 is 13.2 Å². The molecule has 30 heavy (non-hydrogen) atoms. The first-order chi connectivity index (χ1) is 14.3. The first-order valence-corrected chi connectivity index (χ1v) is 11.7. The molecule has 2 aromatic carbocycles. The first-order valence-electron chi connectivity index (χ1n) is 10.2. The zero-order chi connectivity index (χ0) is 21.7. The summed E-state index contributed by atoms with van der Waals surface area (Å²) in [6.07, 6.45) is 3.03. The number of carbonyl (C=O) groups is 1. The normalized spacial score (nSPS) is 12.9. The quantitative estimate of drug-likeness (QED) is 0.488. The molecule has 0 fully saturated rings. The van der Waals surface area contributed by atoms with E-state index >= 15 is 0 Å². The predicted molar refractivity (Wildman–Crippen MR) is 120 cm³/mol. The summed E-state index contributed by atoms with van der Waals surface area (Å²) in [5, 5.41) is 4.02. The summed E-state index contributed by atoms with van der Waals surface area (Å²) < 4.78 is 28.1. The van der Waals surface area contributed by atoms with E-state index in [4.69, 9.17) is 0 Å². The molecule has 1 unspecified atom stereocenters. The van der Waals surface area contributed by atoms with Crippen molar-refractivity contribution in [2.24, 2.45) is 5.92 Å². The molecule has 3 N–H and O–H groups in total. The van der Waals surface area contributed by atoms with Crippen molar-refractivity contribution in [1.82, 2.24) is 15.0 Å². The van der Waals surface area contributed by atoms with Gasteiger partial charge in [-0.3, -0.25) is 4.79 Å². The van der Waals surface area contributed by atoms with Crippen LogP contribution in [0.1, 0.15) is 31.4 Å². The Morgan fingerprint density at radius 1 is 1.07 bits per heavy atom. The van der Waals surface area contributed by atoms with Crippen molar-refractivity contribution in [3.63, 3.8) is 0 Å². The third-order valence-electron chi connectivity index (χ3n) is 5.02. The largest absolute Gasteiger partial charge is 0.361 e. The molecular weight excluding hydrogens is 398 g/mol. The molecule has 0 aliphatic heterocycles. The van der Waals surface area contributed by atoms with Crippen molar-refractivity contribution in [1.29, 1.82) is 0 Å². The van der Waals surface area contributed by atoms with Gasteiger partial charge in [0.1, 0.15) is 6.04 Å². The van der Waals surface area contributed by atoms with Gasteiger partial charge in [-0.15, -0.1) is 0 Å². The number of nitrogens with one attached hydrogen (secondary N) is 3. The predicted octanol–water partition coefficient (Wildman–Crippen LogP) is 3.53. The van der Waals surface area contributed by atoms with E-state index in [1.165, 1.54) is 0 Å². The second-order valence-electron chi connectivity index (χ2n) is 8.02. The molecule has 0 saturated heterocycles. The van der Waals surface area contributed by atoms with Crippen LogP contribution in [-0.4, -0.2) is 31.9 Å². The maximum atomic E-state index is 12.8. The number of para-hydroxylation sites is 1. The van der Waals surface area contributed by atoms with Gasteiger partial charge in [-0.1, -0.05) is 49.7 Å². The summed E-state index contributed by atoms with van der Waals surface area (Å²) in [6.45, 7) is 6.26. The van der Waals surface area contributed by atoms with Gasteiger partial charge in [0.2, 0.25) is 15.9 Å². The van der Waals surface area contributed by atoms with Crippen LogP contribution in [0.2, 0.25) is 0 Å². The fourth-order valence-corrected chi connectivity index (χ4v) is 4.64. The fraction of sp³-hybridized carbons (Fsp3) is 0.348. The lowest BCUT2D eigenvalue weighted by Gasteiger charge is -2.20. The van der Waals surface area contributed by atoms with Crippen molar-refractivity contribution in [3.05, 3.63) is 65.9 Å². The van der Waals surface area contributed by atoms with E-state index in [2.05, 4.69) is 15.0 Å². The molecule has 1 aromatic heterocycles. The lowest BCUT2D eigenvalue weighted by molar-refractivity contribution is -0.123. The molecule has 0 spiro atoms. The van der Waals surface area contributed by atoms with E-state index in [0.29, 0.717) is 19.4 Å². The monoisotopic (exact) mass is 427 g/mol. The van der Waals surface area contributed by atoms with Crippen LogP contribution in [0.15, 0.2) is 59.6 Å². The Labute approximate surface area is 178 Å². The maximum absolute atomic E-state index is 12.8. The lowest BCUT2D eigenvalue weighted by Crippen LogP contribution is -2.47. The van der Waals surface area contributed by atoms with Crippen molar-refractivity contribution >= 4 is 26.8 Å². The average Bonchev–Trinajstić information content (AvgIpc) is 3.10. The molecule has 0 bridgehead atoms. The molecule has 0 aliphatic carbocycles. The highest BCUT2D eigenvalue weighted by atomic mass is 32.2. The minimum atomic E-state index is -3.78. The number of amides is 1. The van der Waals surface area contributed by atoms with Crippen LogP contribution in [0.25, 0.3) is 10.9 Å². The topological polar surface area (TPSA) is 91.1 Å². The number of hydrogen-bond acceptors (Lipinski definition) is 3. The highest BCUT2D eigenvalue weighted by Crippen LogP contribution is 2.18. The molecule has 160 valence electrons. The summed E-state index contributed by atoms with van der Waals surface area (Å²) in [6, 6.07) is 13.8. The number of aromatic nitrogens is 1. The Bertz CT molecular complexity index is 1100. The standard InChI is InChI=1S/C23H29N3O3S/c1-16(2)14-22(26-30(28,29)19-10-8-17(3)9-11-19)23(27)24-13-12-18-15-25-21-7-5-4-6-20(18)21/h4-11,15-16,22,25-26H,12-14H2,1-3H3,(H,24,27). The van der Waals surface area contributed by atoms with Crippen LogP contribution < -0.4 is 10.0 Å². The van der Waals surface area contributed by atoms with Crippen LogP contribution in [0.5, 0.6) is 0 Å². The second kappa shape index (κ2) is 9.45. The molecule has 1 heterocycles. The maximum Gasteiger partial charge on any atom is 0.241 e. The third-order valence-corrected chi connectivity index (χ3v) is 6.51. The van der Waals surface area contributed by atoms with Gasteiger partial charge in [-0.05, 0) is 49.4 Å². The van der Waals surface area contributed by atoms with Gasteiger partial charge in [0, 0.05) is 23.6 Å². The molecule has 0 saturated carbocycles. The third kappa shape index (κ3) is 5.49. The van der Waals surface area contributed by atoms with Crippen molar-refractivity contribution in [2.75, 3.05) is 6.54 Å².